The topological polar surface area (TPSA) is 65.7 Å². The van der Waals surface area contributed by atoms with Crippen molar-refractivity contribution in [3.63, 3.8) is 0 Å². The second-order valence-corrected chi connectivity index (χ2v) is 5.40. The lowest BCUT2D eigenvalue weighted by molar-refractivity contribution is -0.127. The lowest BCUT2D eigenvalue weighted by Crippen LogP contribution is -2.50. The molecule has 0 aliphatic carbocycles. The Bertz CT molecular complexity index is 405. The molecule has 1 aliphatic heterocycles. The van der Waals surface area contributed by atoms with E-state index in [4.69, 9.17) is 4.42 Å². The first-order chi connectivity index (χ1) is 9.72. The third-order valence-electron chi connectivity index (χ3n) is 4.03. The molecular formula is C15H24N2O3. The van der Waals surface area contributed by atoms with Crippen LogP contribution in [0.5, 0.6) is 0 Å². The lowest BCUT2D eigenvalue weighted by Gasteiger charge is -2.33. The fourth-order valence-corrected chi connectivity index (χ4v) is 2.79. The second kappa shape index (κ2) is 7.45. The van der Waals surface area contributed by atoms with Gasteiger partial charge in [0.25, 0.3) is 0 Å². The monoisotopic (exact) mass is 280 g/mol. The standard InChI is InChI=1S/C15H24N2O3/c1-12(15(19)16-10-14-7-5-9-20-14)17-8-4-2-3-6-13(17)11-18/h5,7,9,12-13,18H,2-4,6,8,10-11H2,1H3,(H,16,19). The van der Waals surface area contributed by atoms with Gasteiger partial charge in [-0.15, -0.1) is 0 Å². The van der Waals surface area contributed by atoms with E-state index in [1.54, 1.807) is 6.26 Å². The number of aliphatic hydroxyl groups excluding tert-OH is 1. The number of aliphatic hydroxyl groups is 1. The van der Waals surface area contributed by atoms with Crippen molar-refractivity contribution in [1.29, 1.82) is 0 Å². The van der Waals surface area contributed by atoms with E-state index in [1.165, 1.54) is 6.42 Å². The van der Waals surface area contributed by atoms with Crippen LogP contribution in [0.15, 0.2) is 22.8 Å². The summed E-state index contributed by atoms with van der Waals surface area (Å²) >= 11 is 0. The molecule has 0 saturated carbocycles. The van der Waals surface area contributed by atoms with E-state index in [0.29, 0.717) is 6.54 Å². The maximum Gasteiger partial charge on any atom is 0.237 e. The summed E-state index contributed by atoms with van der Waals surface area (Å²) in [5.74, 6) is 0.738. The van der Waals surface area contributed by atoms with Gasteiger partial charge in [-0.2, -0.15) is 0 Å². The first kappa shape index (κ1) is 15.1. The van der Waals surface area contributed by atoms with Gasteiger partial charge in [0.15, 0.2) is 0 Å². The molecule has 0 spiro atoms. The van der Waals surface area contributed by atoms with Gasteiger partial charge in [-0.25, -0.2) is 0 Å². The van der Waals surface area contributed by atoms with Crippen LogP contribution in [-0.4, -0.2) is 41.1 Å². The maximum absolute atomic E-state index is 12.2. The van der Waals surface area contributed by atoms with Crippen molar-refractivity contribution in [3.8, 4) is 0 Å². The molecule has 1 aromatic heterocycles. The highest BCUT2D eigenvalue weighted by Crippen LogP contribution is 2.19. The highest BCUT2D eigenvalue weighted by molar-refractivity contribution is 5.81. The Morgan fingerprint density at radius 3 is 3.10 bits per heavy atom. The van der Waals surface area contributed by atoms with Crippen molar-refractivity contribution in [2.24, 2.45) is 0 Å². The molecule has 1 aliphatic rings. The summed E-state index contributed by atoms with van der Waals surface area (Å²) in [7, 11) is 0. The smallest absolute Gasteiger partial charge is 0.237 e. The quantitative estimate of drug-likeness (QED) is 0.858. The van der Waals surface area contributed by atoms with Crippen LogP contribution >= 0.6 is 0 Å². The molecule has 5 heteroatoms. The van der Waals surface area contributed by atoms with Gasteiger partial charge in [0.05, 0.1) is 25.5 Å². The third-order valence-corrected chi connectivity index (χ3v) is 4.03. The largest absolute Gasteiger partial charge is 0.467 e. The highest BCUT2D eigenvalue weighted by Gasteiger charge is 2.28. The molecular weight excluding hydrogens is 256 g/mol. The van der Waals surface area contributed by atoms with Gasteiger partial charge in [-0.1, -0.05) is 12.8 Å². The molecule has 2 heterocycles. The van der Waals surface area contributed by atoms with Crippen LogP contribution in [0.4, 0.5) is 0 Å². The number of rotatable bonds is 5. The van der Waals surface area contributed by atoms with Gasteiger partial charge in [0, 0.05) is 6.04 Å². The van der Waals surface area contributed by atoms with E-state index in [0.717, 1.165) is 31.6 Å². The van der Waals surface area contributed by atoms with Crippen molar-refractivity contribution in [2.75, 3.05) is 13.2 Å². The van der Waals surface area contributed by atoms with Crippen LogP contribution in [0.1, 0.15) is 38.4 Å². The molecule has 5 nitrogen and oxygen atoms in total. The average molecular weight is 280 g/mol. The number of hydrogen-bond donors (Lipinski definition) is 2. The molecule has 1 saturated heterocycles. The van der Waals surface area contributed by atoms with Crippen molar-refractivity contribution < 1.29 is 14.3 Å². The lowest BCUT2D eigenvalue weighted by atomic mass is 10.1. The number of likely N-dealkylation sites (tertiary alicyclic amines) is 1. The van der Waals surface area contributed by atoms with Gasteiger partial charge < -0.3 is 14.8 Å². The Labute approximate surface area is 119 Å². The van der Waals surface area contributed by atoms with Gasteiger partial charge in [-0.05, 0) is 38.4 Å². The number of nitrogens with zero attached hydrogens (tertiary/aromatic N) is 1. The van der Waals surface area contributed by atoms with E-state index < -0.39 is 0 Å². The van der Waals surface area contributed by atoms with Crippen LogP contribution in [-0.2, 0) is 11.3 Å². The molecule has 20 heavy (non-hydrogen) atoms. The fourth-order valence-electron chi connectivity index (χ4n) is 2.79. The van der Waals surface area contributed by atoms with Crippen molar-refractivity contribution in [3.05, 3.63) is 24.2 Å². The minimum absolute atomic E-state index is 0.0123. The van der Waals surface area contributed by atoms with Crippen molar-refractivity contribution >= 4 is 5.91 Å². The molecule has 0 radical (unpaired) electrons. The first-order valence-corrected chi connectivity index (χ1v) is 7.39. The van der Waals surface area contributed by atoms with E-state index in [1.807, 2.05) is 19.1 Å². The molecule has 2 N–H and O–H groups in total. The maximum atomic E-state index is 12.2. The van der Waals surface area contributed by atoms with Crippen LogP contribution in [0, 0.1) is 0 Å². The second-order valence-electron chi connectivity index (χ2n) is 5.40. The van der Waals surface area contributed by atoms with Gasteiger partial charge in [0.1, 0.15) is 5.76 Å². The molecule has 1 amide bonds. The van der Waals surface area contributed by atoms with Crippen molar-refractivity contribution in [2.45, 2.75) is 51.2 Å². The first-order valence-electron chi connectivity index (χ1n) is 7.39. The summed E-state index contributed by atoms with van der Waals surface area (Å²) < 4.78 is 5.20. The number of furan rings is 1. The average Bonchev–Trinajstić information content (AvgIpc) is 2.87. The Hall–Kier alpha value is -1.33. The highest BCUT2D eigenvalue weighted by atomic mass is 16.3. The fraction of sp³-hybridized carbons (Fsp3) is 0.667. The number of carbonyl (C=O) groups is 1. The van der Waals surface area contributed by atoms with E-state index >= 15 is 0 Å². The van der Waals surface area contributed by atoms with E-state index in [9.17, 15) is 9.90 Å². The summed E-state index contributed by atoms with van der Waals surface area (Å²) in [6.07, 6.45) is 5.95. The van der Waals surface area contributed by atoms with Crippen LogP contribution in [0.3, 0.4) is 0 Å². The number of hydrogen-bond acceptors (Lipinski definition) is 4. The summed E-state index contributed by atoms with van der Waals surface area (Å²) in [6.45, 7) is 3.32. The summed E-state index contributed by atoms with van der Waals surface area (Å²) in [6, 6.07) is 3.52. The molecule has 2 unspecified atom stereocenters. The Morgan fingerprint density at radius 1 is 1.55 bits per heavy atom. The van der Waals surface area contributed by atoms with Gasteiger partial charge in [0.2, 0.25) is 5.91 Å². The normalized spacial score (nSPS) is 22.2. The summed E-state index contributed by atoms with van der Waals surface area (Å²) in [5.41, 5.74) is 0. The Morgan fingerprint density at radius 2 is 2.40 bits per heavy atom. The Kier molecular flexibility index (Phi) is 5.61. The number of carbonyl (C=O) groups excluding carboxylic acids is 1. The summed E-state index contributed by atoms with van der Waals surface area (Å²) in [4.78, 5) is 14.4. The predicted molar refractivity (Wildman–Crippen MR) is 76.1 cm³/mol. The SMILES string of the molecule is CC(C(=O)NCc1ccco1)N1CCCCCC1CO. The minimum Gasteiger partial charge on any atom is -0.467 e. The molecule has 0 aromatic carbocycles. The Balaban J connectivity index is 1.90. The third kappa shape index (κ3) is 3.84. The zero-order valence-electron chi connectivity index (χ0n) is 12.0. The van der Waals surface area contributed by atoms with Crippen LogP contribution < -0.4 is 5.32 Å². The summed E-state index contributed by atoms with van der Waals surface area (Å²) in [5, 5.41) is 12.4. The zero-order chi connectivity index (χ0) is 14.4. The zero-order valence-corrected chi connectivity index (χ0v) is 12.0. The van der Waals surface area contributed by atoms with Gasteiger partial charge in [-0.3, -0.25) is 9.69 Å². The molecule has 1 fully saturated rings. The minimum atomic E-state index is -0.222. The molecule has 1 aromatic rings. The number of amides is 1. The molecule has 112 valence electrons. The predicted octanol–water partition coefficient (Wildman–Crippen LogP) is 1.52. The van der Waals surface area contributed by atoms with Crippen LogP contribution in [0.25, 0.3) is 0 Å². The molecule has 2 atom stereocenters. The number of nitrogens with one attached hydrogen (secondary N) is 1. The van der Waals surface area contributed by atoms with E-state index in [2.05, 4.69) is 10.2 Å². The van der Waals surface area contributed by atoms with Crippen LogP contribution in [0.2, 0.25) is 0 Å². The molecule has 2 rings (SSSR count). The van der Waals surface area contributed by atoms with E-state index in [-0.39, 0.29) is 24.6 Å². The molecule has 0 bridgehead atoms. The van der Waals surface area contributed by atoms with Gasteiger partial charge >= 0.3 is 0 Å². The van der Waals surface area contributed by atoms with Crippen molar-refractivity contribution in [1.82, 2.24) is 10.2 Å².